The van der Waals surface area contributed by atoms with E-state index < -0.39 is 27.4 Å². The summed E-state index contributed by atoms with van der Waals surface area (Å²) in [4.78, 5) is 24.2. The van der Waals surface area contributed by atoms with Gasteiger partial charge in [0.05, 0.1) is 28.3 Å². The second-order valence-electron chi connectivity index (χ2n) is 9.19. The number of sulfonamides is 1. The molecule has 0 fully saturated rings. The van der Waals surface area contributed by atoms with Gasteiger partial charge in [0.15, 0.2) is 0 Å². The number of benzene rings is 4. The number of amides is 1. The summed E-state index contributed by atoms with van der Waals surface area (Å²) in [5, 5.41) is 14.8. The van der Waals surface area contributed by atoms with Crippen molar-refractivity contribution in [3.05, 3.63) is 118 Å². The van der Waals surface area contributed by atoms with E-state index in [0.29, 0.717) is 29.4 Å². The number of nitrogens with one attached hydrogen (secondary N) is 1. The summed E-state index contributed by atoms with van der Waals surface area (Å²) in [5.41, 5.74) is 4.15. The zero-order valence-electron chi connectivity index (χ0n) is 24.0. The molecule has 0 aromatic heterocycles. The molecule has 1 amide bonds. The summed E-state index contributed by atoms with van der Waals surface area (Å²) in [6.45, 7) is 2.03. The summed E-state index contributed by atoms with van der Waals surface area (Å²) in [6.07, 6.45) is 3.32. The van der Waals surface area contributed by atoms with Crippen molar-refractivity contribution in [3.8, 4) is 11.5 Å². The number of hydrogen-bond acceptors (Lipinski definition) is 9. The van der Waals surface area contributed by atoms with Gasteiger partial charge in [-0.05, 0) is 109 Å². The van der Waals surface area contributed by atoms with Crippen LogP contribution in [0.2, 0.25) is 0 Å². The molecule has 1 N–H and O–H groups in total. The van der Waals surface area contributed by atoms with Gasteiger partial charge in [-0.15, -0.1) is 11.8 Å². The van der Waals surface area contributed by atoms with Crippen LogP contribution in [0, 0.1) is 10.1 Å². The zero-order valence-corrected chi connectivity index (χ0v) is 25.6. The van der Waals surface area contributed by atoms with E-state index in [1.807, 2.05) is 13.2 Å². The second-order valence-corrected chi connectivity index (χ2v) is 11.9. The number of hydrazone groups is 1. The van der Waals surface area contributed by atoms with Crippen LogP contribution in [0.25, 0.3) is 0 Å². The molecule has 0 saturated heterocycles. The van der Waals surface area contributed by atoms with E-state index in [1.165, 1.54) is 42.2 Å². The third-order valence-corrected chi connectivity index (χ3v) is 8.74. The molecule has 0 unspecified atom stereocenters. The highest BCUT2D eigenvalue weighted by atomic mass is 32.2. The summed E-state index contributed by atoms with van der Waals surface area (Å²) >= 11 is 1.49. The number of anilines is 1. The van der Waals surface area contributed by atoms with Gasteiger partial charge in [0.2, 0.25) is 0 Å². The normalized spacial score (nSPS) is 11.2. The number of non-ortho nitro benzene ring substituents is 1. The van der Waals surface area contributed by atoms with Crippen LogP contribution in [0.4, 0.5) is 11.4 Å². The number of rotatable bonds is 14. The Morgan fingerprint density at radius 1 is 0.932 bits per heavy atom. The molecule has 11 nitrogen and oxygen atoms in total. The Hall–Kier alpha value is -4.88. The number of carbonyl (C=O) groups excluding carboxylic acids is 1. The lowest BCUT2D eigenvalue weighted by Crippen LogP contribution is -2.39. The van der Waals surface area contributed by atoms with Gasteiger partial charge in [-0.1, -0.05) is 0 Å². The Labute approximate surface area is 259 Å². The average molecular weight is 635 g/mol. The van der Waals surface area contributed by atoms with Gasteiger partial charge in [-0.25, -0.2) is 13.8 Å². The number of nitro groups is 1. The van der Waals surface area contributed by atoms with Crippen molar-refractivity contribution in [2.24, 2.45) is 5.10 Å². The maximum absolute atomic E-state index is 13.6. The number of carbonyl (C=O) groups is 1. The second kappa shape index (κ2) is 15.0. The highest BCUT2D eigenvalue weighted by Gasteiger charge is 2.27. The Morgan fingerprint density at radius 2 is 1.55 bits per heavy atom. The molecule has 0 heterocycles. The van der Waals surface area contributed by atoms with Crippen LogP contribution >= 0.6 is 11.8 Å². The van der Waals surface area contributed by atoms with Crippen LogP contribution in [-0.2, 0) is 21.4 Å². The lowest BCUT2D eigenvalue weighted by Gasteiger charge is -2.24. The fourth-order valence-electron chi connectivity index (χ4n) is 3.94. The molecule has 0 atom stereocenters. The molecule has 0 aliphatic heterocycles. The molecule has 0 aliphatic rings. The van der Waals surface area contributed by atoms with Gasteiger partial charge in [-0.2, -0.15) is 5.10 Å². The predicted molar refractivity (Wildman–Crippen MR) is 170 cm³/mol. The minimum atomic E-state index is -4.09. The molecule has 13 heteroatoms. The number of nitrogens with zero attached hydrogens (tertiary/aromatic N) is 3. The molecule has 228 valence electrons. The monoisotopic (exact) mass is 634 g/mol. The Bertz CT molecular complexity index is 1690. The van der Waals surface area contributed by atoms with Gasteiger partial charge in [0.1, 0.15) is 24.7 Å². The summed E-state index contributed by atoms with van der Waals surface area (Å²) in [5.74, 6) is 0.517. The first-order valence-corrected chi connectivity index (χ1v) is 16.0. The molecular weight excluding hydrogens is 604 g/mol. The lowest BCUT2D eigenvalue weighted by atomic mass is 10.2. The fourth-order valence-corrected chi connectivity index (χ4v) is 5.77. The van der Waals surface area contributed by atoms with Crippen LogP contribution in [0.5, 0.6) is 11.5 Å². The molecule has 0 bridgehead atoms. The van der Waals surface area contributed by atoms with Crippen LogP contribution in [-0.4, -0.2) is 44.9 Å². The summed E-state index contributed by atoms with van der Waals surface area (Å²) in [7, 11) is -4.09. The largest absolute Gasteiger partial charge is 0.494 e. The minimum Gasteiger partial charge on any atom is -0.494 e. The highest BCUT2D eigenvalue weighted by molar-refractivity contribution is 7.98. The Balaban J connectivity index is 1.40. The van der Waals surface area contributed by atoms with Gasteiger partial charge >= 0.3 is 0 Å². The van der Waals surface area contributed by atoms with Crippen LogP contribution in [0.15, 0.2) is 112 Å². The molecule has 4 rings (SSSR count). The first kappa shape index (κ1) is 32.0. The molecular formula is C31H30N4O7S2. The van der Waals surface area contributed by atoms with E-state index >= 15 is 0 Å². The van der Waals surface area contributed by atoms with Crippen LogP contribution < -0.4 is 19.2 Å². The van der Waals surface area contributed by atoms with Crippen molar-refractivity contribution in [2.75, 3.05) is 23.7 Å². The van der Waals surface area contributed by atoms with Gasteiger partial charge in [0, 0.05) is 17.0 Å². The standard InChI is InChI=1S/C31H30N4O7S2/c1-3-41-27-14-10-25(11-15-27)34(44(39,40)30-18-16-29(43-2)17-19-30)21-31(36)33-32-20-23-6-12-28(13-7-23)42-22-24-4-8-26(9-5-24)35(37)38/h4-20H,3,21-22H2,1-2H3,(H,33,36)/b32-20-. The first-order chi connectivity index (χ1) is 21.2. The zero-order chi connectivity index (χ0) is 31.5. The van der Waals surface area contributed by atoms with Crippen molar-refractivity contribution in [1.29, 1.82) is 0 Å². The quantitative estimate of drug-likeness (QED) is 0.0814. The Kier molecular flexibility index (Phi) is 10.9. The first-order valence-electron chi connectivity index (χ1n) is 13.4. The van der Waals surface area contributed by atoms with E-state index in [4.69, 9.17) is 9.47 Å². The number of hydrogen-bond donors (Lipinski definition) is 1. The maximum atomic E-state index is 13.6. The van der Waals surface area contributed by atoms with E-state index in [0.717, 1.165) is 14.8 Å². The summed E-state index contributed by atoms with van der Waals surface area (Å²) < 4.78 is 39.5. The third kappa shape index (κ3) is 8.58. The third-order valence-electron chi connectivity index (χ3n) is 6.21. The van der Waals surface area contributed by atoms with Crippen molar-refractivity contribution in [3.63, 3.8) is 0 Å². The SMILES string of the molecule is CCOc1ccc(N(CC(=O)N/N=C\c2ccc(OCc3ccc([N+](=O)[O-])cc3)cc2)S(=O)(=O)c2ccc(SC)cc2)cc1. The van der Waals surface area contributed by atoms with Crippen molar-refractivity contribution in [2.45, 2.75) is 23.3 Å². The summed E-state index contributed by atoms with van der Waals surface area (Å²) in [6, 6.07) is 25.9. The van der Waals surface area contributed by atoms with Crippen molar-refractivity contribution >= 4 is 45.3 Å². The molecule has 0 saturated carbocycles. The van der Waals surface area contributed by atoms with E-state index in [9.17, 15) is 23.3 Å². The average Bonchev–Trinajstić information content (AvgIpc) is 3.04. The lowest BCUT2D eigenvalue weighted by molar-refractivity contribution is -0.384. The molecule has 0 aliphatic carbocycles. The minimum absolute atomic E-state index is 0.0101. The Morgan fingerprint density at radius 3 is 2.14 bits per heavy atom. The fraction of sp³-hybridized carbons (Fsp3) is 0.161. The molecule has 4 aromatic rings. The van der Waals surface area contributed by atoms with Crippen LogP contribution in [0.3, 0.4) is 0 Å². The highest BCUT2D eigenvalue weighted by Crippen LogP contribution is 2.27. The molecule has 44 heavy (non-hydrogen) atoms. The number of thioether (sulfide) groups is 1. The van der Waals surface area contributed by atoms with E-state index in [2.05, 4.69) is 10.5 Å². The molecule has 0 radical (unpaired) electrons. The van der Waals surface area contributed by atoms with Gasteiger partial charge in [0.25, 0.3) is 21.6 Å². The van der Waals surface area contributed by atoms with Gasteiger partial charge < -0.3 is 9.47 Å². The number of nitro benzene ring substituents is 1. The van der Waals surface area contributed by atoms with Gasteiger partial charge in [-0.3, -0.25) is 19.2 Å². The molecule has 0 spiro atoms. The molecule has 4 aromatic carbocycles. The number of ether oxygens (including phenoxy) is 2. The predicted octanol–water partition coefficient (Wildman–Crippen LogP) is 5.64. The van der Waals surface area contributed by atoms with E-state index in [-0.39, 0.29) is 17.2 Å². The van der Waals surface area contributed by atoms with E-state index in [1.54, 1.807) is 72.8 Å². The topological polar surface area (TPSA) is 140 Å². The van der Waals surface area contributed by atoms with Crippen molar-refractivity contribution < 1.29 is 27.6 Å². The van der Waals surface area contributed by atoms with Crippen LogP contribution in [0.1, 0.15) is 18.1 Å². The van der Waals surface area contributed by atoms with Crippen molar-refractivity contribution in [1.82, 2.24) is 5.43 Å². The smallest absolute Gasteiger partial charge is 0.269 e. The maximum Gasteiger partial charge on any atom is 0.269 e.